The molecule has 1 unspecified atom stereocenters. The van der Waals surface area contributed by atoms with Crippen molar-refractivity contribution in [2.45, 2.75) is 57.4 Å². The van der Waals surface area contributed by atoms with Crippen molar-refractivity contribution in [3.8, 4) is 0 Å². The smallest absolute Gasteiger partial charge is 0.188 e. The maximum absolute atomic E-state index is 5.94. The summed E-state index contributed by atoms with van der Waals surface area (Å²) in [4.78, 5) is 4.49. The summed E-state index contributed by atoms with van der Waals surface area (Å²) in [6.07, 6.45) is 14.7. The van der Waals surface area contributed by atoms with Gasteiger partial charge in [-0.1, -0.05) is 31.4 Å². The number of hydrogen-bond donors (Lipinski definition) is 2. The third-order valence-electron chi connectivity index (χ3n) is 3.85. The second-order valence-corrected chi connectivity index (χ2v) is 5.36. The van der Waals surface area contributed by atoms with Crippen LogP contribution in [0, 0.1) is 5.92 Å². The van der Waals surface area contributed by atoms with E-state index in [2.05, 4.69) is 22.5 Å². The molecule has 18 heavy (non-hydrogen) atoms. The number of nitrogens with one attached hydrogen (secondary N) is 1. The number of hydrogen-bond acceptors (Lipinski definition) is 1. The van der Waals surface area contributed by atoms with Crippen LogP contribution in [0.4, 0.5) is 0 Å². The number of nitrogens with zero attached hydrogens (tertiary/aromatic N) is 1. The van der Waals surface area contributed by atoms with E-state index in [1.807, 2.05) is 0 Å². The van der Waals surface area contributed by atoms with Crippen LogP contribution in [0.15, 0.2) is 17.1 Å². The van der Waals surface area contributed by atoms with Gasteiger partial charge < -0.3 is 11.1 Å². The average molecular weight is 363 g/mol. The maximum atomic E-state index is 5.94. The Morgan fingerprint density at radius 2 is 1.94 bits per heavy atom. The SMILES string of the molecule is I.NC(=NCC1CC=CCC1)NC1CCCCC1. The topological polar surface area (TPSA) is 50.4 Å². The summed E-state index contributed by atoms with van der Waals surface area (Å²) < 4.78 is 0. The highest BCUT2D eigenvalue weighted by Crippen LogP contribution is 2.19. The maximum Gasteiger partial charge on any atom is 0.188 e. The predicted molar refractivity (Wildman–Crippen MR) is 88.4 cm³/mol. The number of halogens is 1. The minimum absolute atomic E-state index is 0. The zero-order valence-electron chi connectivity index (χ0n) is 11.1. The van der Waals surface area contributed by atoms with Gasteiger partial charge in [-0.15, -0.1) is 24.0 Å². The molecule has 0 bridgehead atoms. The van der Waals surface area contributed by atoms with Crippen molar-refractivity contribution in [2.75, 3.05) is 6.54 Å². The van der Waals surface area contributed by atoms with E-state index >= 15 is 0 Å². The first kappa shape index (κ1) is 15.8. The molecule has 0 spiro atoms. The minimum atomic E-state index is 0. The molecule has 0 aliphatic heterocycles. The van der Waals surface area contributed by atoms with E-state index in [4.69, 9.17) is 5.73 Å². The zero-order chi connectivity index (χ0) is 11.9. The summed E-state index contributed by atoms with van der Waals surface area (Å²) >= 11 is 0. The third kappa shape index (κ3) is 5.59. The summed E-state index contributed by atoms with van der Waals surface area (Å²) in [6, 6.07) is 0.568. The first-order valence-electron chi connectivity index (χ1n) is 7.06. The van der Waals surface area contributed by atoms with Crippen LogP contribution in [0.1, 0.15) is 51.4 Å². The Balaban J connectivity index is 0.00000162. The van der Waals surface area contributed by atoms with Crippen LogP contribution in [0.3, 0.4) is 0 Å². The molecule has 0 amide bonds. The number of rotatable bonds is 3. The van der Waals surface area contributed by atoms with Crippen LogP contribution in [0.5, 0.6) is 0 Å². The number of guanidine groups is 1. The fourth-order valence-corrected chi connectivity index (χ4v) is 2.75. The lowest BCUT2D eigenvalue weighted by atomic mass is 9.95. The molecule has 2 aliphatic rings. The van der Waals surface area contributed by atoms with Crippen LogP contribution in [0.2, 0.25) is 0 Å². The van der Waals surface area contributed by atoms with Crippen molar-refractivity contribution < 1.29 is 0 Å². The Labute approximate surface area is 128 Å². The number of allylic oxidation sites excluding steroid dienone is 2. The monoisotopic (exact) mass is 363 g/mol. The van der Waals surface area contributed by atoms with Crippen LogP contribution >= 0.6 is 24.0 Å². The summed E-state index contributed by atoms with van der Waals surface area (Å²) in [7, 11) is 0. The lowest BCUT2D eigenvalue weighted by molar-refractivity contribution is 0.411. The second kappa shape index (κ2) is 8.77. The quantitative estimate of drug-likeness (QED) is 0.350. The van der Waals surface area contributed by atoms with Crippen molar-refractivity contribution in [2.24, 2.45) is 16.6 Å². The van der Waals surface area contributed by atoms with Gasteiger partial charge in [0.2, 0.25) is 0 Å². The molecule has 0 radical (unpaired) electrons. The van der Waals surface area contributed by atoms with Crippen molar-refractivity contribution in [3.05, 3.63) is 12.2 Å². The third-order valence-corrected chi connectivity index (χ3v) is 3.85. The molecule has 1 fully saturated rings. The predicted octanol–water partition coefficient (Wildman–Crippen LogP) is 3.20. The lowest BCUT2D eigenvalue weighted by Crippen LogP contribution is -2.41. The molecule has 3 nitrogen and oxygen atoms in total. The molecule has 4 heteroatoms. The number of aliphatic imine (C=N–C) groups is 1. The normalized spacial score (nSPS) is 25.6. The highest BCUT2D eigenvalue weighted by atomic mass is 127. The fraction of sp³-hybridized carbons (Fsp3) is 0.786. The molecule has 1 saturated carbocycles. The Morgan fingerprint density at radius 1 is 1.17 bits per heavy atom. The standard InChI is InChI=1S/C14H25N3.HI/c15-14(17-13-9-5-2-6-10-13)16-11-12-7-3-1-4-8-12;/h1,3,12-13H,2,4-11H2,(H3,15,16,17);1H. The fourth-order valence-electron chi connectivity index (χ4n) is 2.75. The van der Waals surface area contributed by atoms with E-state index in [0.29, 0.717) is 17.9 Å². The molecule has 2 aliphatic carbocycles. The van der Waals surface area contributed by atoms with Crippen molar-refractivity contribution >= 4 is 29.9 Å². The first-order chi connectivity index (χ1) is 8.34. The molecule has 2 rings (SSSR count). The highest BCUT2D eigenvalue weighted by molar-refractivity contribution is 14.0. The molecule has 0 aromatic heterocycles. The van der Waals surface area contributed by atoms with E-state index in [-0.39, 0.29) is 24.0 Å². The Bertz CT molecular complexity index is 283. The van der Waals surface area contributed by atoms with Gasteiger partial charge in [-0.2, -0.15) is 0 Å². The van der Waals surface area contributed by atoms with Gasteiger partial charge >= 0.3 is 0 Å². The van der Waals surface area contributed by atoms with Gasteiger partial charge in [0, 0.05) is 12.6 Å². The van der Waals surface area contributed by atoms with E-state index < -0.39 is 0 Å². The Kier molecular flexibility index (Phi) is 7.70. The molecular weight excluding hydrogens is 337 g/mol. The van der Waals surface area contributed by atoms with Crippen LogP contribution in [-0.4, -0.2) is 18.5 Å². The molecule has 104 valence electrons. The summed E-state index contributed by atoms with van der Waals surface area (Å²) in [5.41, 5.74) is 5.94. The molecule has 3 N–H and O–H groups in total. The van der Waals surface area contributed by atoms with Gasteiger partial charge in [-0.3, -0.25) is 4.99 Å². The number of nitrogens with two attached hydrogens (primary N) is 1. The van der Waals surface area contributed by atoms with E-state index in [9.17, 15) is 0 Å². The van der Waals surface area contributed by atoms with Gasteiger partial charge in [0.25, 0.3) is 0 Å². The summed E-state index contributed by atoms with van der Waals surface area (Å²) in [5.74, 6) is 1.36. The summed E-state index contributed by atoms with van der Waals surface area (Å²) in [6.45, 7) is 0.885. The van der Waals surface area contributed by atoms with Gasteiger partial charge in [0.15, 0.2) is 5.96 Å². The molecule has 0 aromatic rings. The van der Waals surface area contributed by atoms with Crippen molar-refractivity contribution in [1.82, 2.24) is 5.32 Å². The largest absolute Gasteiger partial charge is 0.370 e. The molecule has 0 heterocycles. The average Bonchev–Trinajstić information content (AvgIpc) is 2.39. The molecule has 0 saturated heterocycles. The van der Waals surface area contributed by atoms with E-state index in [1.54, 1.807) is 0 Å². The molecular formula is C14H26IN3. The molecule has 0 aromatic carbocycles. The van der Waals surface area contributed by atoms with Gasteiger partial charge in [0.05, 0.1) is 0 Å². The van der Waals surface area contributed by atoms with Crippen molar-refractivity contribution in [3.63, 3.8) is 0 Å². The van der Waals surface area contributed by atoms with Gasteiger partial charge in [-0.25, -0.2) is 0 Å². The van der Waals surface area contributed by atoms with Crippen LogP contribution in [0.25, 0.3) is 0 Å². The second-order valence-electron chi connectivity index (χ2n) is 5.36. The molecule has 1 atom stereocenters. The van der Waals surface area contributed by atoms with Gasteiger partial charge in [0.1, 0.15) is 0 Å². The van der Waals surface area contributed by atoms with Crippen molar-refractivity contribution in [1.29, 1.82) is 0 Å². The van der Waals surface area contributed by atoms with Crippen LogP contribution in [-0.2, 0) is 0 Å². The van der Waals surface area contributed by atoms with Gasteiger partial charge in [-0.05, 0) is 38.0 Å². The van der Waals surface area contributed by atoms with Crippen LogP contribution < -0.4 is 11.1 Å². The first-order valence-corrected chi connectivity index (χ1v) is 7.06. The Hall–Kier alpha value is -0.260. The van der Waals surface area contributed by atoms with E-state index in [1.165, 1.54) is 51.4 Å². The zero-order valence-corrected chi connectivity index (χ0v) is 13.4. The highest BCUT2D eigenvalue weighted by Gasteiger charge is 2.14. The van der Waals surface area contributed by atoms with E-state index in [0.717, 1.165) is 6.54 Å². The summed E-state index contributed by atoms with van der Waals surface area (Å²) in [5, 5.41) is 3.37. The lowest BCUT2D eigenvalue weighted by Gasteiger charge is -2.23. The minimum Gasteiger partial charge on any atom is -0.370 e. The Morgan fingerprint density at radius 3 is 2.61 bits per heavy atom.